The highest BCUT2D eigenvalue weighted by Gasteiger charge is 1.94. The fourth-order valence-electron chi connectivity index (χ4n) is 1.25. The maximum absolute atomic E-state index is 5.43. The van der Waals surface area contributed by atoms with Gasteiger partial charge < -0.3 is 16.0 Å². The summed E-state index contributed by atoms with van der Waals surface area (Å²) in [5.41, 5.74) is 12.0. The van der Waals surface area contributed by atoms with E-state index in [9.17, 15) is 0 Å². The Morgan fingerprint density at radius 1 is 1.23 bits per heavy atom. The molecule has 0 radical (unpaired) electrons. The second-order valence-electron chi connectivity index (χ2n) is 2.56. The van der Waals surface area contributed by atoms with Gasteiger partial charge in [-0.2, -0.15) is 0 Å². The van der Waals surface area contributed by atoms with Crippen LogP contribution in [0.3, 0.4) is 0 Å². The quantitative estimate of drug-likeness (QED) is 0.580. The molecule has 0 fully saturated rings. The number of nitrogens with two attached hydrogens (primary N) is 2. The zero-order valence-electron chi connectivity index (χ0n) is 8.83. The van der Waals surface area contributed by atoms with Crippen LogP contribution in [0.1, 0.15) is 19.4 Å². The molecule has 1 aromatic rings. The van der Waals surface area contributed by atoms with Crippen molar-refractivity contribution >= 4 is 12.4 Å². The summed E-state index contributed by atoms with van der Waals surface area (Å²) >= 11 is 0. The van der Waals surface area contributed by atoms with E-state index in [2.05, 4.69) is 0 Å². The molecule has 1 aromatic heterocycles. The summed E-state index contributed by atoms with van der Waals surface area (Å²) in [6.07, 6.45) is 5.14. The number of rotatable bonds is 0. The fourth-order valence-corrected chi connectivity index (χ4v) is 1.25. The van der Waals surface area contributed by atoms with Crippen LogP contribution in [0.15, 0.2) is 6.20 Å². The average Bonchev–Trinajstić information content (AvgIpc) is 2.43. The van der Waals surface area contributed by atoms with Gasteiger partial charge in [0.1, 0.15) is 0 Å². The van der Waals surface area contributed by atoms with Crippen molar-refractivity contribution in [3.05, 3.63) is 22.3 Å². The molecule has 0 bridgehead atoms. The summed E-state index contributed by atoms with van der Waals surface area (Å²) in [5, 5.41) is 1.97. The standard InChI is InChI=1S/C8H13N3.C2H6/c1-6-5-11(2)8(4-10)7(6)3-9;1-2/h3-5H,9-10H2,1-2H3;1-2H3/b7-3-,8-4+;. The lowest BCUT2D eigenvalue weighted by molar-refractivity contribution is 0.885. The number of nitrogens with zero attached hydrogens (tertiary/aromatic N) is 1. The Balaban J connectivity index is 0.000000671. The van der Waals surface area contributed by atoms with Gasteiger partial charge in [0.15, 0.2) is 0 Å². The highest BCUT2D eigenvalue weighted by Crippen LogP contribution is 1.81. The van der Waals surface area contributed by atoms with Gasteiger partial charge in [-0.15, -0.1) is 0 Å². The summed E-state index contributed by atoms with van der Waals surface area (Å²) < 4.78 is 1.95. The number of hydrogen-bond donors (Lipinski definition) is 2. The van der Waals surface area contributed by atoms with E-state index in [1.54, 1.807) is 12.4 Å². The third kappa shape index (κ3) is 2.28. The Morgan fingerprint density at radius 2 is 1.77 bits per heavy atom. The molecule has 3 nitrogen and oxygen atoms in total. The van der Waals surface area contributed by atoms with Crippen LogP contribution in [-0.4, -0.2) is 4.57 Å². The van der Waals surface area contributed by atoms with Crippen molar-refractivity contribution in [2.45, 2.75) is 20.8 Å². The van der Waals surface area contributed by atoms with Crippen molar-refractivity contribution in [3.63, 3.8) is 0 Å². The minimum absolute atomic E-state index is 0.963. The molecule has 0 aliphatic rings. The van der Waals surface area contributed by atoms with Crippen LogP contribution in [0.5, 0.6) is 0 Å². The first-order chi connectivity index (χ1) is 6.20. The van der Waals surface area contributed by atoms with Crippen LogP contribution in [0, 0.1) is 6.92 Å². The van der Waals surface area contributed by atoms with E-state index in [1.807, 2.05) is 38.6 Å². The molecule has 0 saturated heterocycles. The van der Waals surface area contributed by atoms with Crippen molar-refractivity contribution in [2.75, 3.05) is 0 Å². The van der Waals surface area contributed by atoms with E-state index in [0.29, 0.717) is 0 Å². The lowest BCUT2D eigenvalue weighted by Gasteiger charge is -1.87. The number of hydrogen-bond acceptors (Lipinski definition) is 2. The van der Waals surface area contributed by atoms with Crippen LogP contribution in [0.2, 0.25) is 0 Å². The van der Waals surface area contributed by atoms with Gasteiger partial charge in [-0.25, -0.2) is 0 Å². The van der Waals surface area contributed by atoms with Gasteiger partial charge in [-0.3, -0.25) is 0 Å². The van der Waals surface area contributed by atoms with Crippen molar-refractivity contribution < 1.29 is 0 Å². The Morgan fingerprint density at radius 3 is 2.08 bits per heavy atom. The highest BCUT2D eigenvalue weighted by atomic mass is 14.9. The Kier molecular flexibility index (Phi) is 4.74. The minimum Gasteiger partial charge on any atom is -0.404 e. The van der Waals surface area contributed by atoms with Crippen LogP contribution in [0.25, 0.3) is 12.4 Å². The molecule has 0 aliphatic carbocycles. The summed E-state index contributed by atoms with van der Waals surface area (Å²) in [6.45, 7) is 6.01. The molecule has 74 valence electrons. The smallest absolute Gasteiger partial charge is 0.0652 e. The van der Waals surface area contributed by atoms with E-state index in [1.165, 1.54) is 0 Å². The molecule has 0 saturated carbocycles. The van der Waals surface area contributed by atoms with E-state index in [0.717, 1.165) is 16.1 Å². The SMILES string of the molecule is CC.Cc1cn(C)c(=C/N)/c1=C\N. The molecule has 0 atom stereocenters. The molecule has 3 heteroatoms. The van der Waals surface area contributed by atoms with Crippen molar-refractivity contribution in [3.8, 4) is 0 Å². The fraction of sp³-hybridized carbons (Fsp3) is 0.400. The van der Waals surface area contributed by atoms with Gasteiger partial charge in [0.25, 0.3) is 0 Å². The molecule has 13 heavy (non-hydrogen) atoms. The molecule has 0 aliphatic heterocycles. The molecule has 1 heterocycles. The van der Waals surface area contributed by atoms with Crippen molar-refractivity contribution in [1.29, 1.82) is 0 Å². The Labute approximate surface area is 79.3 Å². The van der Waals surface area contributed by atoms with Crippen LogP contribution in [0.4, 0.5) is 0 Å². The summed E-state index contributed by atoms with van der Waals surface area (Å²) in [4.78, 5) is 0. The minimum atomic E-state index is 0.963. The molecular weight excluding hydrogens is 162 g/mol. The second kappa shape index (κ2) is 5.30. The highest BCUT2D eigenvalue weighted by molar-refractivity contribution is 5.30. The molecule has 1 rings (SSSR count). The maximum Gasteiger partial charge on any atom is 0.0652 e. The van der Waals surface area contributed by atoms with Crippen LogP contribution in [-0.2, 0) is 7.05 Å². The summed E-state index contributed by atoms with van der Waals surface area (Å²) in [6, 6.07) is 0. The first-order valence-electron chi connectivity index (χ1n) is 4.46. The molecule has 0 amide bonds. The molecule has 0 unspecified atom stereocenters. The van der Waals surface area contributed by atoms with E-state index < -0.39 is 0 Å². The predicted molar refractivity (Wildman–Crippen MR) is 58.1 cm³/mol. The van der Waals surface area contributed by atoms with Crippen molar-refractivity contribution in [1.82, 2.24) is 4.57 Å². The van der Waals surface area contributed by atoms with Crippen LogP contribution < -0.4 is 22.0 Å². The molecule has 4 N–H and O–H groups in total. The summed E-state index contributed by atoms with van der Waals surface area (Å²) in [7, 11) is 1.94. The third-order valence-electron chi connectivity index (χ3n) is 1.79. The zero-order valence-corrected chi connectivity index (χ0v) is 8.83. The number of aromatic nitrogens is 1. The van der Waals surface area contributed by atoms with Gasteiger partial charge >= 0.3 is 0 Å². The van der Waals surface area contributed by atoms with Gasteiger partial charge in [-0.1, -0.05) is 13.8 Å². The van der Waals surface area contributed by atoms with Gasteiger partial charge in [0.2, 0.25) is 0 Å². The normalized spacial score (nSPS) is 12.6. The second-order valence-corrected chi connectivity index (χ2v) is 2.56. The van der Waals surface area contributed by atoms with E-state index in [4.69, 9.17) is 11.5 Å². The molecule has 0 spiro atoms. The van der Waals surface area contributed by atoms with Gasteiger partial charge in [-0.05, 0) is 12.5 Å². The number of aryl methyl sites for hydroxylation is 2. The molecular formula is C10H19N3. The van der Waals surface area contributed by atoms with E-state index in [-0.39, 0.29) is 0 Å². The average molecular weight is 181 g/mol. The first-order valence-corrected chi connectivity index (χ1v) is 4.46. The third-order valence-corrected chi connectivity index (χ3v) is 1.79. The first kappa shape index (κ1) is 11.6. The zero-order chi connectivity index (χ0) is 10.4. The van der Waals surface area contributed by atoms with Gasteiger partial charge in [0, 0.05) is 30.9 Å². The lowest BCUT2D eigenvalue weighted by Crippen LogP contribution is -2.30. The van der Waals surface area contributed by atoms with Crippen molar-refractivity contribution in [2.24, 2.45) is 18.5 Å². The maximum atomic E-state index is 5.43. The van der Waals surface area contributed by atoms with Crippen LogP contribution >= 0.6 is 0 Å². The topological polar surface area (TPSA) is 57.0 Å². The van der Waals surface area contributed by atoms with E-state index >= 15 is 0 Å². The summed E-state index contributed by atoms with van der Waals surface area (Å²) in [5.74, 6) is 0. The predicted octanol–water partition coefficient (Wildman–Crippen LogP) is -0.247. The monoisotopic (exact) mass is 181 g/mol. The Bertz CT molecular complexity index is 326. The largest absolute Gasteiger partial charge is 0.404 e. The lowest BCUT2D eigenvalue weighted by atomic mass is 10.3. The Hall–Kier alpha value is -1.38. The molecule has 0 aromatic carbocycles. The van der Waals surface area contributed by atoms with Gasteiger partial charge in [0.05, 0.1) is 5.35 Å².